The molecule has 1 saturated carbocycles. The van der Waals surface area contributed by atoms with E-state index in [0.29, 0.717) is 12.8 Å². The van der Waals surface area contributed by atoms with E-state index in [1.54, 1.807) is 0 Å². The molecule has 1 atom stereocenters. The number of hydrogen-bond acceptors (Lipinski definition) is 2. The SMILES string of the molecule is O=C1CCC(C(=O)c2cccc(F)c2F)C1. The Kier molecular flexibility index (Phi) is 2.81. The van der Waals surface area contributed by atoms with E-state index in [2.05, 4.69) is 0 Å². The quantitative estimate of drug-likeness (QED) is 0.723. The average Bonchev–Trinajstić information content (AvgIpc) is 2.68. The fourth-order valence-electron chi connectivity index (χ4n) is 1.95. The van der Waals surface area contributed by atoms with E-state index in [1.165, 1.54) is 12.1 Å². The molecule has 2 rings (SSSR count). The molecule has 1 aliphatic rings. The summed E-state index contributed by atoms with van der Waals surface area (Å²) in [7, 11) is 0. The molecule has 1 unspecified atom stereocenters. The predicted molar refractivity (Wildman–Crippen MR) is 53.0 cm³/mol. The van der Waals surface area contributed by atoms with Crippen LogP contribution >= 0.6 is 0 Å². The van der Waals surface area contributed by atoms with Crippen LogP contribution in [0.5, 0.6) is 0 Å². The highest BCUT2D eigenvalue weighted by molar-refractivity contribution is 6.01. The van der Waals surface area contributed by atoms with E-state index < -0.39 is 23.3 Å². The van der Waals surface area contributed by atoms with Crippen LogP contribution in [0.15, 0.2) is 18.2 Å². The molecule has 0 saturated heterocycles. The number of hydrogen-bond donors (Lipinski definition) is 0. The van der Waals surface area contributed by atoms with Crippen LogP contribution in [-0.4, -0.2) is 11.6 Å². The molecule has 0 aliphatic heterocycles. The van der Waals surface area contributed by atoms with Crippen molar-refractivity contribution in [2.45, 2.75) is 19.3 Å². The van der Waals surface area contributed by atoms with Crippen molar-refractivity contribution in [2.24, 2.45) is 5.92 Å². The van der Waals surface area contributed by atoms with Crippen molar-refractivity contribution in [3.8, 4) is 0 Å². The molecule has 2 nitrogen and oxygen atoms in total. The van der Waals surface area contributed by atoms with Crippen LogP contribution < -0.4 is 0 Å². The molecule has 0 bridgehead atoms. The Morgan fingerprint density at radius 1 is 1.31 bits per heavy atom. The average molecular weight is 224 g/mol. The van der Waals surface area contributed by atoms with Crippen LogP contribution in [0, 0.1) is 17.6 Å². The van der Waals surface area contributed by atoms with Crippen LogP contribution in [0.2, 0.25) is 0 Å². The largest absolute Gasteiger partial charge is 0.300 e. The van der Waals surface area contributed by atoms with E-state index in [4.69, 9.17) is 0 Å². The number of Topliss-reactive ketones (excluding diaryl/α,β-unsaturated/α-hetero) is 2. The Labute approximate surface area is 91.3 Å². The molecule has 16 heavy (non-hydrogen) atoms. The molecule has 0 radical (unpaired) electrons. The molecule has 1 fully saturated rings. The fraction of sp³-hybridized carbons (Fsp3) is 0.333. The first kappa shape index (κ1) is 10.9. The van der Waals surface area contributed by atoms with Gasteiger partial charge in [-0.1, -0.05) is 6.07 Å². The van der Waals surface area contributed by atoms with E-state index in [0.717, 1.165) is 6.07 Å². The normalized spacial score (nSPS) is 20.1. The number of ketones is 2. The summed E-state index contributed by atoms with van der Waals surface area (Å²) in [4.78, 5) is 22.8. The van der Waals surface area contributed by atoms with Gasteiger partial charge in [0.25, 0.3) is 0 Å². The van der Waals surface area contributed by atoms with E-state index in [9.17, 15) is 18.4 Å². The lowest BCUT2D eigenvalue weighted by molar-refractivity contribution is -0.117. The van der Waals surface area contributed by atoms with E-state index in [1.807, 2.05) is 0 Å². The number of carbonyl (C=O) groups excluding carboxylic acids is 2. The van der Waals surface area contributed by atoms with Crippen molar-refractivity contribution < 1.29 is 18.4 Å². The molecule has 1 aromatic carbocycles. The maximum absolute atomic E-state index is 13.3. The number of halogens is 2. The van der Waals surface area contributed by atoms with Gasteiger partial charge >= 0.3 is 0 Å². The standard InChI is InChI=1S/C12H10F2O2/c13-10-3-1-2-9(11(10)14)12(16)7-4-5-8(15)6-7/h1-3,7H,4-6H2. The second-order valence-corrected chi connectivity index (χ2v) is 3.94. The monoisotopic (exact) mass is 224 g/mol. The zero-order chi connectivity index (χ0) is 11.7. The Morgan fingerprint density at radius 2 is 2.06 bits per heavy atom. The summed E-state index contributed by atoms with van der Waals surface area (Å²) in [6.45, 7) is 0. The molecule has 0 amide bonds. The molecular weight excluding hydrogens is 214 g/mol. The van der Waals surface area contributed by atoms with Crippen molar-refractivity contribution in [3.05, 3.63) is 35.4 Å². The van der Waals surface area contributed by atoms with Crippen LogP contribution in [0.25, 0.3) is 0 Å². The van der Waals surface area contributed by atoms with Gasteiger partial charge in [0.05, 0.1) is 5.56 Å². The summed E-state index contributed by atoms with van der Waals surface area (Å²) in [5, 5.41) is 0. The van der Waals surface area contributed by atoms with Crippen LogP contribution in [0.1, 0.15) is 29.6 Å². The van der Waals surface area contributed by atoms with E-state index >= 15 is 0 Å². The third-order valence-electron chi connectivity index (χ3n) is 2.83. The highest BCUT2D eigenvalue weighted by atomic mass is 19.2. The summed E-state index contributed by atoms with van der Waals surface area (Å²) in [5.74, 6) is -3.09. The van der Waals surface area contributed by atoms with Gasteiger partial charge in [-0.3, -0.25) is 9.59 Å². The van der Waals surface area contributed by atoms with Gasteiger partial charge in [0, 0.05) is 18.8 Å². The molecule has 84 valence electrons. The zero-order valence-corrected chi connectivity index (χ0v) is 8.50. The summed E-state index contributed by atoms with van der Waals surface area (Å²) in [6.07, 6.45) is 0.940. The topological polar surface area (TPSA) is 34.1 Å². The lowest BCUT2D eigenvalue weighted by Crippen LogP contribution is -2.14. The van der Waals surface area contributed by atoms with Crippen molar-refractivity contribution in [1.29, 1.82) is 0 Å². The van der Waals surface area contributed by atoms with Gasteiger partial charge in [0.1, 0.15) is 5.78 Å². The van der Waals surface area contributed by atoms with Crippen LogP contribution in [0.3, 0.4) is 0 Å². The summed E-state index contributed by atoms with van der Waals surface area (Å²) >= 11 is 0. The van der Waals surface area contributed by atoms with Crippen LogP contribution in [0.4, 0.5) is 8.78 Å². The van der Waals surface area contributed by atoms with Gasteiger partial charge in [-0.15, -0.1) is 0 Å². The Hall–Kier alpha value is -1.58. The Bertz CT molecular complexity index is 454. The van der Waals surface area contributed by atoms with E-state index in [-0.39, 0.29) is 17.8 Å². The highest BCUT2D eigenvalue weighted by Crippen LogP contribution is 2.27. The molecule has 1 aromatic rings. The predicted octanol–water partition coefficient (Wildman–Crippen LogP) is 2.52. The second kappa shape index (κ2) is 4.12. The molecule has 0 heterocycles. The first-order valence-electron chi connectivity index (χ1n) is 5.09. The molecule has 4 heteroatoms. The Balaban J connectivity index is 2.27. The summed E-state index contributed by atoms with van der Waals surface area (Å²) in [5.41, 5.74) is -0.250. The zero-order valence-electron chi connectivity index (χ0n) is 8.50. The van der Waals surface area contributed by atoms with Crippen molar-refractivity contribution in [3.63, 3.8) is 0 Å². The summed E-state index contributed by atoms with van der Waals surface area (Å²) in [6, 6.07) is 3.51. The van der Waals surface area contributed by atoms with Gasteiger partial charge in [-0.05, 0) is 18.6 Å². The minimum absolute atomic E-state index is 0.00941. The fourth-order valence-corrected chi connectivity index (χ4v) is 1.95. The summed E-state index contributed by atoms with van der Waals surface area (Å²) < 4.78 is 26.2. The third-order valence-corrected chi connectivity index (χ3v) is 2.83. The smallest absolute Gasteiger partial charge is 0.169 e. The maximum atomic E-state index is 13.3. The second-order valence-electron chi connectivity index (χ2n) is 3.94. The number of carbonyl (C=O) groups is 2. The minimum Gasteiger partial charge on any atom is -0.300 e. The maximum Gasteiger partial charge on any atom is 0.169 e. The van der Waals surface area contributed by atoms with Crippen molar-refractivity contribution >= 4 is 11.6 Å². The third kappa shape index (κ3) is 1.87. The first-order valence-corrected chi connectivity index (χ1v) is 5.09. The van der Waals surface area contributed by atoms with Gasteiger partial charge < -0.3 is 0 Å². The van der Waals surface area contributed by atoms with Gasteiger partial charge in [-0.2, -0.15) is 0 Å². The number of rotatable bonds is 2. The lowest BCUT2D eigenvalue weighted by Gasteiger charge is -2.07. The lowest BCUT2D eigenvalue weighted by atomic mass is 9.96. The molecule has 1 aliphatic carbocycles. The van der Waals surface area contributed by atoms with Gasteiger partial charge in [0.2, 0.25) is 0 Å². The van der Waals surface area contributed by atoms with Crippen LogP contribution in [-0.2, 0) is 4.79 Å². The molecular formula is C12H10F2O2. The Morgan fingerprint density at radius 3 is 2.69 bits per heavy atom. The van der Waals surface area contributed by atoms with Crippen molar-refractivity contribution in [1.82, 2.24) is 0 Å². The van der Waals surface area contributed by atoms with Crippen molar-refractivity contribution in [2.75, 3.05) is 0 Å². The first-order chi connectivity index (χ1) is 7.59. The van der Waals surface area contributed by atoms with Gasteiger partial charge in [0.15, 0.2) is 17.4 Å². The minimum atomic E-state index is -1.12. The highest BCUT2D eigenvalue weighted by Gasteiger charge is 2.30. The van der Waals surface area contributed by atoms with Gasteiger partial charge in [-0.25, -0.2) is 8.78 Å². The molecule has 0 spiro atoms. The molecule has 0 aromatic heterocycles. The molecule has 0 N–H and O–H groups in total. The number of benzene rings is 1.